The Morgan fingerprint density at radius 3 is 2.56 bits per heavy atom. The molecule has 0 saturated heterocycles. The van der Waals surface area contributed by atoms with Gasteiger partial charge in [0.1, 0.15) is 5.75 Å². The van der Waals surface area contributed by atoms with Crippen LogP contribution in [-0.4, -0.2) is 24.1 Å². The van der Waals surface area contributed by atoms with Gasteiger partial charge < -0.3 is 15.4 Å². The highest BCUT2D eigenvalue weighted by molar-refractivity contribution is 6.30. The van der Waals surface area contributed by atoms with Crippen molar-refractivity contribution in [1.82, 2.24) is 10.6 Å². The maximum absolute atomic E-state index is 11.9. The maximum Gasteiger partial charge on any atom is 0.258 e. The van der Waals surface area contributed by atoms with Crippen molar-refractivity contribution in [2.75, 3.05) is 6.61 Å². The molecule has 1 aliphatic rings. The molecule has 0 atom stereocenters. The third kappa shape index (κ3) is 8.30. The van der Waals surface area contributed by atoms with E-state index in [4.69, 9.17) is 16.3 Å². The summed E-state index contributed by atoms with van der Waals surface area (Å²) in [7, 11) is 0. The van der Waals surface area contributed by atoms with E-state index in [0.29, 0.717) is 23.4 Å². The number of carbonyl (C=O) groups is 1. The fraction of sp³-hybridized carbons (Fsp3) is 0.632. The van der Waals surface area contributed by atoms with Crippen molar-refractivity contribution < 1.29 is 9.53 Å². The third-order valence-electron chi connectivity index (χ3n) is 4.08. The van der Waals surface area contributed by atoms with Gasteiger partial charge in [0, 0.05) is 28.7 Å². The number of ether oxygens (including phenoxy) is 1. The lowest BCUT2D eigenvalue weighted by Crippen LogP contribution is -2.43. The van der Waals surface area contributed by atoms with Crippen LogP contribution in [0.15, 0.2) is 18.2 Å². The summed E-state index contributed by atoms with van der Waals surface area (Å²) >= 11 is 6.13. The Kier molecular flexibility index (Phi) is 9.04. The van der Waals surface area contributed by atoms with E-state index in [1.54, 1.807) is 6.07 Å². The van der Waals surface area contributed by atoms with Crippen LogP contribution >= 0.6 is 24.0 Å². The van der Waals surface area contributed by atoms with Gasteiger partial charge in [0.2, 0.25) is 0 Å². The highest BCUT2D eigenvalue weighted by Crippen LogP contribution is 2.24. The van der Waals surface area contributed by atoms with Crippen molar-refractivity contribution in [3.05, 3.63) is 28.8 Å². The average molecular weight is 389 g/mol. The van der Waals surface area contributed by atoms with Gasteiger partial charge >= 0.3 is 0 Å². The smallest absolute Gasteiger partial charge is 0.258 e. The quantitative estimate of drug-likeness (QED) is 0.755. The lowest BCUT2D eigenvalue weighted by atomic mass is 9.95. The topological polar surface area (TPSA) is 50.4 Å². The molecular formula is C19H30Cl2N2O2. The molecule has 0 unspecified atom stereocenters. The van der Waals surface area contributed by atoms with E-state index in [2.05, 4.69) is 10.6 Å². The van der Waals surface area contributed by atoms with Crippen LogP contribution in [0.1, 0.15) is 58.4 Å². The average Bonchev–Trinajstić information content (AvgIpc) is 2.51. The van der Waals surface area contributed by atoms with Gasteiger partial charge in [-0.05, 0) is 51.8 Å². The Morgan fingerprint density at radius 1 is 1.24 bits per heavy atom. The van der Waals surface area contributed by atoms with Crippen molar-refractivity contribution in [2.24, 2.45) is 0 Å². The van der Waals surface area contributed by atoms with Gasteiger partial charge in [0.15, 0.2) is 6.61 Å². The van der Waals surface area contributed by atoms with Gasteiger partial charge in [-0.15, -0.1) is 12.4 Å². The standard InChI is InChI=1S/C19H29ClN2O2.ClH/c1-19(2,3)22-18(23)13-24-17-10-9-15(20)11-14(17)12-21-16-7-5-4-6-8-16;/h9-11,16,21H,4-8,12-13H2,1-3H3,(H,22,23);1H. The van der Waals surface area contributed by atoms with Crippen molar-refractivity contribution in [3.63, 3.8) is 0 Å². The summed E-state index contributed by atoms with van der Waals surface area (Å²) in [6.07, 6.45) is 6.38. The summed E-state index contributed by atoms with van der Waals surface area (Å²) in [6.45, 7) is 6.57. The Hall–Kier alpha value is -0.970. The normalized spacial score (nSPS) is 15.4. The Balaban J connectivity index is 0.00000312. The lowest BCUT2D eigenvalue weighted by molar-refractivity contribution is -0.124. The molecule has 1 aromatic carbocycles. The van der Waals surface area contributed by atoms with Crippen molar-refractivity contribution in [1.29, 1.82) is 0 Å². The second-order valence-corrected chi connectivity index (χ2v) is 7.99. The maximum atomic E-state index is 11.9. The molecule has 0 aromatic heterocycles. The predicted octanol–water partition coefficient (Wildman–Crippen LogP) is 4.48. The Labute approximate surface area is 162 Å². The van der Waals surface area contributed by atoms with Gasteiger partial charge in [-0.25, -0.2) is 0 Å². The van der Waals surface area contributed by atoms with Gasteiger partial charge in [-0.3, -0.25) is 4.79 Å². The molecule has 0 radical (unpaired) electrons. The number of carbonyl (C=O) groups excluding carboxylic acids is 1. The summed E-state index contributed by atoms with van der Waals surface area (Å²) in [4.78, 5) is 11.9. The largest absolute Gasteiger partial charge is 0.483 e. The van der Waals surface area contributed by atoms with Crippen LogP contribution in [0, 0.1) is 0 Å². The van der Waals surface area contributed by atoms with Crippen molar-refractivity contribution in [2.45, 2.75) is 71.0 Å². The fourth-order valence-electron chi connectivity index (χ4n) is 2.99. The highest BCUT2D eigenvalue weighted by atomic mass is 35.5. The zero-order valence-electron chi connectivity index (χ0n) is 15.4. The molecule has 0 spiro atoms. The third-order valence-corrected chi connectivity index (χ3v) is 4.32. The minimum absolute atomic E-state index is 0. The molecule has 1 amide bonds. The monoisotopic (exact) mass is 388 g/mol. The number of hydrogen-bond acceptors (Lipinski definition) is 3. The summed E-state index contributed by atoms with van der Waals surface area (Å²) in [6, 6.07) is 6.11. The van der Waals surface area contributed by atoms with Crippen LogP contribution in [0.5, 0.6) is 5.75 Å². The molecule has 1 fully saturated rings. The molecule has 2 N–H and O–H groups in total. The summed E-state index contributed by atoms with van der Waals surface area (Å²) in [5.74, 6) is 0.593. The van der Waals surface area contributed by atoms with Crippen LogP contribution in [0.25, 0.3) is 0 Å². The molecule has 4 nitrogen and oxygen atoms in total. The molecule has 0 aliphatic heterocycles. The zero-order chi connectivity index (χ0) is 17.6. The van der Waals surface area contributed by atoms with Gasteiger partial charge in [0.05, 0.1) is 0 Å². The number of amides is 1. The number of rotatable bonds is 6. The molecule has 0 heterocycles. The molecule has 1 aromatic rings. The minimum Gasteiger partial charge on any atom is -0.483 e. The van der Waals surface area contributed by atoms with Crippen LogP contribution in [-0.2, 0) is 11.3 Å². The molecule has 142 valence electrons. The number of nitrogens with one attached hydrogen (secondary N) is 2. The van der Waals surface area contributed by atoms with Crippen LogP contribution in [0.3, 0.4) is 0 Å². The first-order valence-electron chi connectivity index (χ1n) is 8.79. The number of benzene rings is 1. The molecule has 6 heteroatoms. The van der Waals surface area contributed by atoms with E-state index < -0.39 is 0 Å². The second kappa shape index (κ2) is 10.2. The first kappa shape index (κ1) is 22.1. The van der Waals surface area contributed by atoms with E-state index in [1.807, 2.05) is 32.9 Å². The summed E-state index contributed by atoms with van der Waals surface area (Å²) < 4.78 is 5.73. The van der Waals surface area contributed by atoms with E-state index >= 15 is 0 Å². The van der Waals surface area contributed by atoms with E-state index in [0.717, 1.165) is 5.56 Å². The molecular weight excluding hydrogens is 359 g/mol. The number of hydrogen-bond donors (Lipinski definition) is 2. The molecule has 2 rings (SSSR count). The van der Waals surface area contributed by atoms with Gasteiger partial charge in [-0.2, -0.15) is 0 Å². The van der Waals surface area contributed by atoms with Crippen LogP contribution in [0.2, 0.25) is 5.02 Å². The first-order valence-corrected chi connectivity index (χ1v) is 9.17. The molecule has 1 saturated carbocycles. The second-order valence-electron chi connectivity index (χ2n) is 7.55. The lowest BCUT2D eigenvalue weighted by Gasteiger charge is -2.24. The summed E-state index contributed by atoms with van der Waals surface area (Å²) in [5.41, 5.74) is 0.739. The SMILES string of the molecule is CC(C)(C)NC(=O)COc1ccc(Cl)cc1CNC1CCCCC1.Cl. The van der Waals surface area contributed by atoms with E-state index in [1.165, 1.54) is 32.1 Å². The Bertz CT molecular complexity index is 553. The Morgan fingerprint density at radius 2 is 1.92 bits per heavy atom. The van der Waals surface area contributed by atoms with E-state index in [9.17, 15) is 4.79 Å². The van der Waals surface area contributed by atoms with Crippen molar-refractivity contribution in [3.8, 4) is 5.75 Å². The van der Waals surface area contributed by atoms with Crippen molar-refractivity contribution >= 4 is 29.9 Å². The first-order chi connectivity index (χ1) is 11.3. The van der Waals surface area contributed by atoms with Gasteiger partial charge in [0.25, 0.3) is 5.91 Å². The minimum atomic E-state index is -0.258. The van der Waals surface area contributed by atoms with Gasteiger partial charge in [-0.1, -0.05) is 30.9 Å². The van der Waals surface area contributed by atoms with E-state index in [-0.39, 0.29) is 30.5 Å². The molecule has 0 bridgehead atoms. The van der Waals surface area contributed by atoms with Crippen LogP contribution < -0.4 is 15.4 Å². The predicted molar refractivity (Wildman–Crippen MR) is 106 cm³/mol. The zero-order valence-corrected chi connectivity index (χ0v) is 16.9. The molecule has 25 heavy (non-hydrogen) atoms. The molecule has 1 aliphatic carbocycles. The summed E-state index contributed by atoms with van der Waals surface area (Å²) in [5, 5.41) is 7.17. The van der Waals surface area contributed by atoms with Crippen LogP contribution in [0.4, 0.5) is 0 Å². The number of halogens is 2. The fourth-order valence-corrected chi connectivity index (χ4v) is 3.18. The highest BCUT2D eigenvalue weighted by Gasteiger charge is 2.16.